The highest BCUT2D eigenvalue weighted by molar-refractivity contribution is 6.03. The lowest BCUT2D eigenvalue weighted by atomic mass is 9.74. The first kappa shape index (κ1) is 30.9. The molecule has 1 aromatic heterocycles. The quantitative estimate of drug-likeness (QED) is 0.187. The molecule has 3 aromatic carbocycles. The van der Waals surface area contributed by atoms with Crippen LogP contribution in [0.15, 0.2) is 54.6 Å². The highest BCUT2D eigenvalue weighted by Crippen LogP contribution is 2.43. The van der Waals surface area contributed by atoms with Crippen molar-refractivity contribution in [3.05, 3.63) is 76.9 Å². The van der Waals surface area contributed by atoms with Crippen molar-refractivity contribution in [2.75, 3.05) is 52.8 Å². The van der Waals surface area contributed by atoms with Gasteiger partial charge in [0, 0.05) is 31.1 Å². The molecule has 3 heterocycles. The number of nitrogens with zero attached hydrogens (tertiary/aromatic N) is 2. The minimum absolute atomic E-state index is 0.0102. The number of imidazole rings is 1. The van der Waals surface area contributed by atoms with Crippen LogP contribution >= 0.6 is 0 Å². The van der Waals surface area contributed by atoms with E-state index in [-0.39, 0.29) is 17.2 Å². The van der Waals surface area contributed by atoms with Gasteiger partial charge in [-0.3, -0.25) is 4.79 Å². The summed E-state index contributed by atoms with van der Waals surface area (Å²) in [6, 6.07) is 18.5. The van der Waals surface area contributed by atoms with Gasteiger partial charge in [0.05, 0.1) is 44.0 Å². The molecule has 0 spiro atoms. The molecule has 238 valence electrons. The van der Waals surface area contributed by atoms with Gasteiger partial charge in [0.2, 0.25) is 11.7 Å². The monoisotopic (exact) mass is 611 g/mol. The number of piperidine rings is 1. The van der Waals surface area contributed by atoms with Crippen molar-refractivity contribution in [2.24, 2.45) is 0 Å². The number of hydrogen-bond donors (Lipinski definition) is 3. The standard InChI is InChI=1S/C36H45N5O4/c1-23-10-11-25(20-24(23)2)36(21-30(37-22-36)32(42)27-12-13-31(43-3)34(45-5)33(27)44-4)16-19-41-17-14-26(15-18-41)38-35-39-28-8-6-7-9-29(28)40-35/h6-13,20,26,30,37H,14-19,21-22H2,1-5H3,(H2,38,39,40). The number of nitrogens with one attached hydrogen (secondary N) is 3. The first-order valence-corrected chi connectivity index (χ1v) is 15.9. The number of H-pyrrole nitrogens is 1. The molecule has 2 atom stereocenters. The Balaban J connectivity index is 1.15. The maximum absolute atomic E-state index is 14.0. The number of carbonyl (C=O) groups excluding carboxylic acids is 1. The maximum Gasteiger partial charge on any atom is 0.204 e. The number of ketones is 1. The van der Waals surface area contributed by atoms with Crippen LogP contribution in [0.5, 0.6) is 17.2 Å². The van der Waals surface area contributed by atoms with Crippen LogP contribution in [0.4, 0.5) is 5.95 Å². The molecule has 0 radical (unpaired) electrons. The fraction of sp³-hybridized carbons (Fsp3) is 0.444. The fourth-order valence-corrected chi connectivity index (χ4v) is 7.04. The smallest absolute Gasteiger partial charge is 0.204 e. The fourth-order valence-electron chi connectivity index (χ4n) is 7.04. The number of fused-ring (bicyclic) bond motifs is 1. The Hall–Kier alpha value is -4.08. The molecule has 2 aliphatic heterocycles. The van der Waals surface area contributed by atoms with Crippen molar-refractivity contribution in [1.82, 2.24) is 20.2 Å². The van der Waals surface area contributed by atoms with Gasteiger partial charge in [-0.05, 0) is 87.0 Å². The Labute approximate surface area is 265 Å². The minimum Gasteiger partial charge on any atom is -0.493 e. The van der Waals surface area contributed by atoms with Crippen LogP contribution in [0.25, 0.3) is 11.0 Å². The number of benzene rings is 3. The lowest BCUT2D eigenvalue weighted by molar-refractivity contribution is 0.0944. The van der Waals surface area contributed by atoms with E-state index in [9.17, 15) is 4.79 Å². The highest BCUT2D eigenvalue weighted by atomic mass is 16.5. The van der Waals surface area contributed by atoms with Crippen molar-refractivity contribution in [3.63, 3.8) is 0 Å². The number of hydrogen-bond acceptors (Lipinski definition) is 8. The second-order valence-corrected chi connectivity index (χ2v) is 12.6. The van der Waals surface area contributed by atoms with Gasteiger partial charge >= 0.3 is 0 Å². The van der Waals surface area contributed by atoms with Gasteiger partial charge < -0.3 is 34.7 Å². The number of para-hydroxylation sites is 2. The average Bonchev–Trinajstić information content (AvgIpc) is 3.69. The Morgan fingerprint density at radius 3 is 2.47 bits per heavy atom. The van der Waals surface area contributed by atoms with Gasteiger partial charge in [0.1, 0.15) is 0 Å². The third-order valence-electron chi connectivity index (χ3n) is 9.91. The first-order valence-electron chi connectivity index (χ1n) is 15.9. The summed E-state index contributed by atoms with van der Waals surface area (Å²) < 4.78 is 16.7. The van der Waals surface area contributed by atoms with Crippen LogP contribution in [-0.2, 0) is 5.41 Å². The average molecular weight is 612 g/mol. The van der Waals surface area contributed by atoms with E-state index in [1.54, 1.807) is 33.5 Å². The van der Waals surface area contributed by atoms with Crippen LogP contribution in [0.2, 0.25) is 0 Å². The number of Topliss-reactive ketones (excluding diaryl/α,β-unsaturated/α-hetero) is 1. The van der Waals surface area contributed by atoms with Gasteiger partial charge in [-0.25, -0.2) is 4.98 Å². The number of carbonyl (C=O) groups is 1. The molecule has 0 amide bonds. The van der Waals surface area contributed by atoms with Crippen molar-refractivity contribution < 1.29 is 19.0 Å². The number of aromatic amines is 1. The number of aryl methyl sites for hydroxylation is 2. The Morgan fingerprint density at radius 2 is 1.76 bits per heavy atom. The zero-order chi connectivity index (χ0) is 31.6. The van der Waals surface area contributed by atoms with Crippen LogP contribution in [-0.4, -0.2) is 80.2 Å². The molecule has 4 aromatic rings. The molecule has 9 heteroatoms. The molecule has 2 aliphatic rings. The van der Waals surface area contributed by atoms with Crippen molar-refractivity contribution in [2.45, 2.75) is 57.0 Å². The van der Waals surface area contributed by atoms with E-state index in [0.717, 1.165) is 68.8 Å². The Kier molecular flexibility index (Phi) is 9.01. The maximum atomic E-state index is 14.0. The number of ether oxygens (including phenoxy) is 3. The SMILES string of the molecule is COc1ccc(C(=O)C2CC(CCN3CCC(Nc4nc5ccccc5[nH]4)CC3)(c3ccc(C)c(C)c3)CN2)c(OC)c1OC. The van der Waals surface area contributed by atoms with Crippen LogP contribution < -0.4 is 24.8 Å². The largest absolute Gasteiger partial charge is 0.493 e. The van der Waals surface area contributed by atoms with Crippen LogP contribution in [0, 0.1) is 13.8 Å². The molecular weight excluding hydrogens is 566 g/mol. The second kappa shape index (κ2) is 13.1. The van der Waals surface area contributed by atoms with E-state index in [1.165, 1.54) is 16.7 Å². The summed E-state index contributed by atoms with van der Waals surface area (Å²) in [4.78, 5) is 24.7. The van der Waals surface area contributed by atoms with E-state index in [2.05, 4.69) is 58.6 Å². The summed E-state index contributed by atoms with van der Waals surface area (Å²) in [7, 11) is 4.70. The topological polar surface area (TPSA) is 101 Å². The predicted octanol–water partition coefficient (Wildman–Crippen LogP) is 5.65. The van der Waals surface area contributed by atoms with E-state index in [1.807, 2.05) is 18.2 Å². The summed E-state index contributed by atoms with van der Waals surface area (Å²) in [6.45, 7) is 8.10. The predicted molar refractivity (Wildman–Crippen MR) is 178 cm³/mol. The second-order valence-electron chi connectivity index (χ2n) is 12.6. The van der Waals surface area contributed by atoms with Gasteiger partial charge in [-0.1, -0.05) is 30.3 Å². The molecule has 6 rings (SSSR count). The minimum atomic E-state index is -0.336. The number of likely N-dealkylation sites (tertiary alicyclic amines) is 1. The summed E-state index contributed by atoms with van der Waals surface area (Å²) in [5.41, 5.74) is 6.24. The van der Waals surface area contributed by atoms with E-state index >= 15 is 0 Å². The normalized spacial score (nSPS) is 20.8. The van der Waals surface area contributed by atoms with Crippen molar-refractivity contribution in [1.29, 1.82) is 0 Å². The molecule has 2 unspecified atom stereocenters. The summed E-state index contributed by atoms with van der Waals surface area (Å²) >= 11 is 0. The molecule has 45 heavy (non-hydrogen) atoms. The molecule has 0 saturated carbocycles. The zero-order valence-electron chi connectivity index (χ0n) is 27.0. The van der Waals surface area contributed by atoms with Crippen molar-refractivity contribution >= 4 is 22.8 Å². The number of aromatic nitrogens is 2. The molecule has 3 N–H and O–H groups in total. The lowest BCUT2D eigenvalue weighted by Crippen LogP contribution is -2.42. The molecule has 0 bridgehead atoms. The molecule has 0 aliphatic carbocycles. The zero-order valence-corrected chi connectivity index (χ0v) is 27.0. The third kappa shape index (κ3) is 6.24. The third-order valence-corrected chi connectivity index (χ3v) is 9.91. The first-order chi connectivity index (χ1) is 21.8. The van der Waals surface area contributed by atoms with Crippen LogP contribution in [0.3, 0.4) is 0 Å². The Bertz CT molecular complexity index is 1630. The van der Waals surface area contributed by atoms with E-state index in [0.29, 0.717) is 28.9 Å². The molecule has 2 saturated heterocycles. The van der Waals surface area contributed by atoms with Crippen molar-refractivity contribution in [3.8, 4) is 17.2 Å². The highest BCUT2D eigenvalue weighted by Gasteiger charge is 2.44. The summed E-state index contributed by atoms with van der Waals surface area (Å²) in [5.74, 6) is 2.23. The van der Waals surface area contributed by atoms with Gasteiger partial charge in [0.15, 0.2) is 17.3 Å². The van der Waals surface area contributed by atoms with E-state index in [4.69, 9.17) is 19.2 Å². The summed E-state index contributed by atoms with van der Waals surface area (Å²) in [5, 5.41) is 7.24. The van der Waals surface area contributed by atoms with Gasteiger partial charge in [-0.15, -0.1) is 0 Å². The van der Waals surface area contributed by atoms with Gasteiger partial charge in [-0.2, -0.15) is 0 Å². The lowest BCUT2D eigenvalue weighted by Gasteiger charge is -2.36. The number of anilines is 1. The van der Waals surface area contributed by atoms with Crippen LogP contribution in [0.1, 0.15) is 52.7 Å². The van der Waals surface area contributed by atoms with E-state index < -0.39 is 0 Å². The Morgan fingerprint density at radius 1 is 0.978 bits per heavy atom. The summed E-state index contributed by atoms with van der Waals surface area (Å²) in [6.07, 6.45) is 3.81. The van der Waals surface area contributed by atoms with Gasteiger partial charge in [0.25, 0.3) is 0 Å². The molecular formula is C36H45N5O4. The molecule has 2 fully saturated rings. The molecule has 9 nitrogen and oxygen atoms in total. The number of rotatable bonds is 11. The number of methoxy groups -OCH3 is 3.